The molecule has 0 saturated heterocycles. The van der Waals surface area contributed by atoms with E-state index in [0.717, 1.165) is 0 Å². The van der Waals surface area contributed by atoms with Gasteiger partial charge in [0.25, 0.3) is 0 Å². The molecular formula is C2H4Al2Cl2O4. The summed E-state index contributed by atoms with van der Waals surface area (Å²) in [6.45, 7) is -0.164. The van der Waals surface area contributed by atoms with Gasteiger partial charge in [0.1, 0.15) is 4.84 Å². The fourth-order valence-corrected chi connectivity index (χ4v) is 0. The van der Waals surface area contributed by atoms with Crippen molar-refractivity contribution in [2.24, 2.45) is 0 Å². The molecule has 1 N–H and O–H groups in total. The molecule has 0 fully saturated rings. The number of aliphatic hydroxyl groups is 1. The van der Waals surface area contributed by atoms with E-state index in [0.29, 0.717) is 0 Å². The summed E-state index contributed by atoms with van der Waals surface area (Å²) in [4.78, 5) is -0.616. The Kier molecular flexibility index (Phi) is 132. The Balaban J connectivity index is -0.00000000800. The molecule has 0 aromatic heterocycles. The number of halogens is 2. The van der Waals surface area contributed by atoms with Gasteiger partial charge in [0.15, 0.2) is 0 Å². The van der Waals surface area contributed by atoms with E-state index in [9.17, 15) is 0 Å². The molecule has 8 heteroatoms. The van der Waals surface area contributed by atoms with Crippen LogP contribution in [0.3, 0.4) is 0 Å². The first-order valence-electron chi connectivity index (χ1n) is 1.16. The Bertz CT molecular complexity index is 33.2. The van der Waals surface area contributed by atoms with Crippen molar-refractivity contribution in [2.75, 3.05) is 6.61 Å². The molecule has 0 aromatic carbocycles. The first-order chi connectivity index (χ1) is 2.27. The second-order valence-corrected chi connectivity index (χ2v) is 1.85. The van der Waals surface area contributed by atoms with Gasteiger partial charge >= 0.3 is 34.7 Å². The zero-order valence-corrected chi connectivity index (χ0v) is 8.69. The second kappa shape index (κ2) is 31.4. The summed E-state index contributed by atoms with van der Waals surface area (Å²) >= 11 is 9.96. The van der Waals surface area contributed by atoms with Crippen LogP contribution in [-0.4, -0.2) is 51.3 Å². The summed E-state index contributed by atoms with van der Waals surface area (Å²) in [5.74, 6) is 0. The average molecular weight is 217 g/mol. The van der Waals surface area contributed by atoms with Gasteiger partial charge in [-0.1, -0.05) is 0 Å². The first-order valence-corrected chi connectivity index (χ1v) is 2.03. The Morgan fingerprint density at radius 2 is 1.10 bits per heavy atom. The number of aliphatic hydroxyl groups excluding tert-OH is 1. The van der Waals surface area contributed by atoms with Crippen LogP contribution in [0.2, 0.25) is 0 Å². The fourth-order valence-electron chi connectivity index (χ4n) is 0. The third-order valence-electron chi connectivity index (χ3n) is 0.138. The van der Waals surface area contributed by atoms with Crippen molar-refractivity contribution in [3.05, 3.63) is 0 Å². The zero-order valence-electron chi connectivity index (χ0n) is 4.87. The Labute approximate surface area is 90.7 Å². The van der Waals surface area contributed by atoms with Crippen molar-refractivity contribution in [3.63, 3.8) is 0 Å². The topological polar surface area (TPSA) is 106 Å². The third kappa shape index (κ3) is 56.2. The van der Waals surface area contributed by atoms with Gasteiger partial charge in [0, 0.05) is 0 Å². The molecule has 0 aliphatic carbocycles. The van der Waals surface area contributed by atoms with Gasteiger partial charge in [-0.3, -0.25) is 0 Å². The predicted octanol–water partition coefficient (Wildman–Crippen LogP) is -0.336. The maximum absolute atomic E-state index is 7.88. The van der Waals surface area contributed by atoms with Crippen LogP contribution < -0.4 is 0 Å². The average Bonchev–Trinajstić information content (AvgIpc) is 1.38. The SMILES string of the molecule is OCC(Cl)Cl.[Al+3].[Al+3].[O-2].[O-2].[O-2]. The van der Waals surface area contributed by atoms with Gasteiger partial charge in [-0.2, -0.15) is 0 Å². The van der Waals surface area contributed by atoms with Crippen LogP contribution in [0, 0.1) is 0 Å². The van der Waals surface area contributed by atoms with Crippen LogP contribution in [-0.2, 0) is 16.4 Å². The minimum Gasteiger partial charge on any atom is -2.00 e. The molecule has 0 saturated carbocycles. The molecule has 0 aromatic rings. The van der Waals surface area contributed by atoms with Crippen LogP contribution in [0.1, 0.15) is 0 Å². The zero-order chi connectivity index (χ0) is 4.28. The van der Waals surface area contributed by atoms with Gasteiger partial charge in [-0.05, 0) is 0 Å². The summed E-state index contributed by atoms with van der Waals surface area (Å²) in [7, 11) is 0. The van der Waals surface area contributed by atoms with E-state index in [1.54, 1.807) is 0 Å². The Morgan fingerprint density at radius 3 is 1.10 bits per heavy atom. The van der Waals surface area contributed by atoms with E-state index in [4.69, 9.17) is 28.3 Å². The molecule has 0 unspecified atom stereocenters. The molecule has 0 rings (SSSR count). The van der Waals surface area contributed by atoms with E-state index >= 15 is 0 Å². The van der Waals surface area contributed by atoms with Gasteiger partial charge in [0.05, 0.1) is 6.61 Å². The van der Waals surface area contributed by atoms with E-state index < -0.39 is 4.84 Å². The van der Waals surface area contributed by atoms with Crippen molar-refractivity contribution >= 4 is 57.9 Å². The predicted molar refractivity (Wildman–Crippen MR) is 36.1 cm³/mol. The minimum atomic E-state index is -0.616. The number of rotatable bonds is 1. The van der Waals surface area contributed by atoms with Crippen LogP contribution in [0.15, 0.2) is 0 Å². The van der Waals surface area contributed by atoms with Gasteiger partial charge in [-0.25, -0.2) is 0 Å². The molecule has 0 spiro atoms. The van der Waals surface area contributed by atoms with Crippen LogP contribution >= 0.6 is 23.2 Å². The van der Waals surface area contributed by atoms with E-state index in [2.05, 4.69) is 0 Å². The molecule has 10 heavy (non-hydrogen) atoms. The summed E-state index contributed by atoms with van der Waals surface area (Å²) in [5, 5.41) is 7.88. The molecule has 4 nitrogen and oxygen atoms in total. The fraction of sp³-hybridized carbons (Fsp3) is 1.00. The van der Waals surface area contributed by atoms with Crippen molar-refractivity contribution < 1.29 is 21.5 Å². The minimum absolute atomic E-state index is 0. The van der Waals surface area contributed by atoms with Crippen molar-refractivity contribution in [2.45, 2.75) is 4.84 Å². The van der Waals surface area contributed by atoms with Gasteiger partial charge in [0.2, 0.25) is 0 Å². The monoisotopic (exact) mass is 216 g/mol. The maximum atomic E-state index is 7.88. The number of hydrogen-bond acceptors (Lipinski definition) is 1. The number of hydrogen-bond donors (Lipinski definition) is 1. The summed E-state index contributed by atoms with van der Waals surface area (Å²) in [6, 6.07) is 0. The van der Waals surface area contributed by atoms with Crippen molar-refractivity contribution in [1.29, 1.82) is 0 Å². The maximum Gasteiger partial charge on any atom is 3.00 e. The van der Waals surface area contributed by atoms with E-state index in [-0.39, 0.29) is 57.8 Å². The molecule has 0 radical (unpaired) electrons. The Morgan fingerprint density at radius 1 is 1.00 bits per heavy atom. The van der Waals surface area contributed by atoms with E-state index in [1.807, 2.05) is 0 Å². The molecule has 0 aliphatic heterocycles. The molecular weight excluding hydrogens is 213 g/mol. The van der Waals surface area contributed by atoms with Crippen LogP contribution in [0.4, 0.5) is 0 Å². The van der Waals surface area contributed by atoms with Gasteiger partial charge < -0.3 is 21.5 Å². The van der Waals surface area contributed by atoms with E-state index in [1.165, 1.54) is 0 Å². The first kappa shape index (κ1) is 42.0. The summed E-state index contributed by atoms with van der Waals surface area (Å²) in [5.41, 5.74) is 0. The standard InChI is InChI=1S/C2H4Cl2O.2Al.3O/c3-2(4)1-5;;;;;/h2,5H,1H2;;;;;/q;2*+3;3*-2. The molecule has 0 heterocycles. The largest absolute Gasteiger partial charge is 3.00 e. The molecule has 56 valence electrons. The van der Waals surface area contributed by atoms with Gasteiger partial charge in [-0.15, -0.1) is 23.2 Å². The smallest absolute Gasteiger partial charge is 2.00 e. The molecule has 0 atom stereocenters. The third-order valence-corrected chi connectivity index (χ3v) is 0.414. The second-order valence-electron chi connectivity index (χ2n) is 0.574. The van der Waals surface area contributed by atoms with Crippen molar-refractivity contribution in [3.8, 4) is 0 Å². The molecule has 0 amide bonds. The van der Waals surface area contributed by atoms with Crippen LogP contribution in [0.5, 0.6) is 0 Å². The van der Waals surface area contributed by atoms with Crippen LogP contribution in [0.25, 0.3) is 0 Å². The van der Waals surface area contributed by atoms with Crippen molar-refractivity contribution in [1.82, 2.24) is 0 Å². The number of alkyl halides is 2. The molecule has 0 bridgehead atoms. The Hall–Kier alpha value is 1.48. The normalized spacial score (nSPS) is 4.80. The molecule has 0 aliphatic rings. The quantitative estimate of drug-likeness (QED) is 0.470. The summed E-state index contributed by atoms with van der Waals surface area (Å²) < 4.78 is 0. The summed E-state index contributed by atoms with van der Waals surface area (Å²) in [6.07, 6.45) is 0.